The van der Waals surface area contributed by atoms with Crippen molar-refractivity contribution < 1.29 is 14.9 Å². The van der Waals surface area contributed by atoms with E-state index in [9.17, 15) is 10.2 Å². The third kappa shape index (κ3) is 2.66. The smallest absolute Gasteiger partial charge is 0.0610 e. The molecule has 5 fully saturated rings. The maximum Gasteiger partial charge on any atom is 0.0610 e. The van der Waals surface area contributed by atoms with E-state index in [1.165, 1.54) is 44.9 Å². The molecule has 4 saturated carbocycles. The quantitative estimate of drug-likeness (QED) is 0.713. The Bertz CT molecular complexity index is 426. The fraction of sp³-hybridized carbons (Fsp3) is 1.00. The van der Waals surface area contributed by atoms with Crippen LogP contribution in [0.3, 0.4) is 0 Å². The van der Waals surface area contributed by atoms with Gasteiger partial charge in [0.25, 0.3) is 0 Å². The molecule has 24 heavy (non-hydrogen) atoms. The van der Waals surface area contributed by atoms with Crippen molar-refractivity contribution in [1.82, 2.24) is 0 Å². The fourth-order valence-corrected chi connectivity index (χ4v) is 7.58. The third-order valence-electron chi connectivity index (χ3n) is 8.62. The van der Waals surface area contributed by atoms with Crippen molar-refractivity contribution in [3.05, 3.63) is 0 Å². The first-order valence-electron chi connectivity index (χ1n) is 10.7. The van der Waals surface area contributed by atoms with Crippen LogP contribution in [-0.2, 0) is 4.74 Å². The van der Waals surface area contributed by atoms with E-state index in [0.717, 1.165) is 61.2 Å². The average Bonchev–Trinajstić information content (AvgIpc) is 2.59. The minimum absolute atomic E-state index is 0.0426. The second kappa shape index (κ2) is 6.25. The van der Waals surface area contributed by atoms with Gasteiger partial charge in [-0.25, -0.2) is 0 Å². The normalized spacial score (nSPS) is 57.2. The van der Waals surface area contributed by atoms with E-state index in [1.54, 1.807) is 0 Å². The van der Waals surface area contributed by atoms with Gasteiger partial charge in [-0.2, -0.15) is 0 Å². The molecule has 0 amide bonds. The maximum absolute atomic E-state index is 10.1. The minimum Gasteiger partial charge on any atom is -0.393 e. The number of hydrogen-bond donors (Lipinski definition) is 2. The summed E-state index contributed by atoms with van der Waals surface area (Å²) < 4.78 is 6.72. The number of aliphatic hydroxyl groups excluding tert-OH is 2. The van der Waals surface area contributed by atoms with Crippen LogP contribution in [0.15, 0.2) is 0 Å². The van der Waals surface area contributed by atoms with Gasteiger partial charge in [-0.15, -0.1) is 0 Å². The number of fused-ring (bicyclic) bond motifs is 6. The highest BCUT2D eigenvalue weighted by Crippen LogP contribution is 2.55. The summed E-state index contributed by atoms with van der Waals surface area (Å²) >= 11 is 0. The number of ether oxygens (including phenoxy) is 1. The molecule has 0 aromatic rings. The molecule has 1 aliphatic heterocycles. The van der Waals surface area contributed by atoms with Crippen LogP contribution in [0.2, 0.25) is 0 Å². The van der Waals surface area contributed by atoms with Crippen LogP contribution in [0.25, 0.3) is 0 Å². The molecule has 0 radical (unpaired) electrons. The molecule has 3 nitrogen and oxygen atoms in total. The molecule has 0 spiro atoms. The second-order valence-corrected chi connectivity index (χ2v) is 9.71. The molecule has 5 rings (SSSR count). The van der Waals surface area contributed by atoms with E-state index < -0.39 is 0 Å². The molecule has 0 bridgehead atoms. The van der Waals surface area contributed by atoms with Gasteiger partial charge in [0, 0.05) is 0 Å². The summed E-state index contributed by atoms with van der Waals surface area (Å²) in [4.78, 5) is 0. The van der Waals surface area contributed by atoms with Gasteiger partial charge >= 0.3 is 0 Å². The molecule has 0 aromatic heterocycles. The maximum atomic E-state index is 10.1. The third-order valence-corrected chi connectivity index (χ3v) is 8.62. The van der Waals surface area contributed by atoms with E-state index in [2.05, 4.69) is 0 Å². The largest absolute Gasteiger partial charge is 0.393 e. The average molecular weight is 335 g/mol. The van der Waals surface area contributed by atoms with Crippen LogP contribution in [0.1, 0.15) is 70.6 Å². The molecule has 3 heteroatoms. The summed E-state index contributed by atoms with van der Waals surface area (Å²) in [5.41, 5.74) is 0. The van der Waals surface area contributed by atoms with E-state index in [1.807, 2.05) is 0 Å². The summed E-state index contributed by atoms with van der Waals surface area (Å²) in [5, 5.41) is 20.1. The van der Waals surface area contributed by atoms with Gasteiger partial charge in [-0.05, 0) is 106 Å². The van der Waals surface area contributed by atoms with Crippen LogP contribution in [0.5, 0.6) is 0 Å². The first-order valence-corrected chi connectivity index (χ1v) is 10.7. The highest BCUT2D eigenvalue weighted by molar-refractivity contribution is 5.01. The van der Waals surface area contributed by atoms with Crippen molar-refractivity contribution >= 4 is 0 Å². The van der Waals surface area contributed by atoms with Crippen LogP contribution in [0.4, 0.5) is 0 Å². The van der Waals surface area contributed by atoms with Crippen molar-refractivity contribution in [2.45, 2.75) is 95.0 Å². The first-order chi connectivity index (χ1) is 11.7. The molecule has 1 heterocycles. The molecular formula is C21H34O3. The summed E-state index contributed by atoms with van der Waals surface area (Å²) in [5.74, 6) is 4.63. The molecule has 10 atom stereocenters. The molecule has 0 aromatic carbocycles. The second-order valence-electron chi connectivity index (χ2n) is 9.71. The van der Waals surface area contributed by atoms with Gasteiger partial charge in [-0.3, -0.25) is 0 Å². The Kier molecular flexibility index (Phi) is 4.18. The molecule has 5 aliphatic rings. The van der Waals surface area contributed by atoms with Gasteiger partial charge in [0.15, 0.2) is 0 Å². The lowest BCUT2D eigenvalue weighted by Crippen LogP contribution is -2.54. The predicted octanol–water partition coefficient (Wildman–Crippen LogP) is 3.52. The van der Waals surface area contributed by atoms with Crippen LogP contribution in [0, 0.1) is 35.5 Å². The first kappa shape index (κ1) is 16.1. The van der Waals surface area contributed by atoms with Crippen molar-refractivity contribution in [2.75, 3.05) is 0 Å². The Hall–Kier alpha value is -0.120. The van der Waals surface area contributed by atoms with E-state index in [4.69, 9.17) is 4.74 Å². The number of hydrogen-bond acceptors (Lipinski definition) is 3. The number of aliphatic hydroxyl groups is 2. The highest BCUT2D eigenvalue weighted by atomic mass is 16.5. The van der Waals surface area contributed by atoms with E-state index in [0.29, 0.717) is 12.2 Å². The van der Waals surface area contributed by atoms with Crippen molar-refractivity contribution in [1.29, 1.82) is 0 Å². The summed E-state index contributed by atoms with van der Waals surface area (Å²) in [6.07, 6.45) is 13.9. The lowest BCUT2D eigenvalue weighted by Gasteiger charge is -2.56. The monoisotopic (exact) mass is 334 g/mol. The van der Waals surface area contributed by atoms with Crippen LogP contribution in [-0.4, -0.2) is 34.6 Å². The highest BCUT2D eigenvalue weighted by Gasteiger charge is 2.52. The van der Waals surface area contributed by atoms with Gasteiger partial charge in [0.05, 0.1) is 24.4 Å². The zero-order valence-corrected chi connectivity index (χ0v) is 14.9. The van der Waals surface area contributed by atoms with Crippen molar-refractivity contribution in [3.8, 4) is 0 Å². The van der Waals surface area contributed by atoms with E-state index in [-0.39, 0.29) is 12.2 Å². The lowest BCUT2D eigenvalue weighted by molar-refractivity contribution is -0.195. The molecule has 2 N–H and O–H groups in total. The molecule has 1 saturated heterocycles. The summed E-state index contributed by atoms with van der Waals surface area (Å²) in [7, 11) is 0. The van der Waals surface area contributed by atoms with Gasteiger partial charge in [0.2, 0.25) is 0 Å². The molecular weight excluding hydrogens is 300 g/mol. The Morgan fingerprint density at radius 2 is 1.00 bits per heavy atom. The topological polar surface area (TPSA) is 49.7 Å². The minimum atomic E-state index is -0.0426. The summed E-state index contributed by atoms with van der Waals surface area (Å²) in [6.45, 7) is 0. The van der Waals surface area contributed by atoms with Gasteiger partial charge in [0.1, 0.15) is 0 Å². The van der Waals surface area contributed by atoms with Gasteiger partial charge in [-0.1, -0.05) is 0 Å². The molecule has 10 unspecified atom stereocenters. The van der Waals surface area contributed by atoms with Crippen LogP contribution >= 0.6 is 0 Å². The lowest BCUT2D eigenvalue weighted by atomic mass is 9.56. The molecule has 4 aliphatic carbocycles. The number of rotatable bonds is 0. The summed E-state index contributed by atoms with van der Waals surface area (Å²) in [6, 6.07) is 0. The van der Waals surface area contributed by atoms with Crippen LogP contribution < -0.4 is 0 Å². The Balaban J connectivity index is 1.34. The fourth-order valence-electron chi connectivity index (χ4n) is 7.58. The zero-order valence-electron chi connectivity index (χ0n) is 14.9. The standard InChI is InChI=1S/C21H34O3/c22-14-3-5-16-12(9-14)1-7-20-18(16)11-19-17-6-4-15(23)10-13(17)2-8-21(19)24-20/h12-23H,1-11H2. The predicted molar refractivity (Wildman–Crippen MR) is 92.4 cm³/mol. The van der Waals surface area contributed by atoms with Gasteiger partial charge < -0.3 is 14.9 Å². The SMILES string of the molecule is OC1CCC2C(CCC3OC4CCC5CC(O)CCC5C4CC32)C1. The zero-order chi connectivity index (χ0) is 16.3. The van der Waals surface area contributed by atoms with Crippen molar-refractivity contribution in [2.24, 2.45) is 35.5 Å². The Labute approximate surface area is 146 Å². The van der Waals surface area contributed by atoms with Crippen molar-refractivity contribution in [3.63, 3.8) is 0 Å². The molecule has 136 valence electrons. The van der Waals surface area contributed by atoms with E-state index >= 15 is 0 Å². The Morgan fingerprint density at radius 1 is 0.500 bits per heavy atom. The Morgan fingerprint density at radius 3 is 1.50 bits per heavy atom.